The fraction of sp³-hybridized carbons (Fsp3) is 0.824. The zero-order chi connectivity index (χ0) is 25.4. The second kappa shape index (κ2) is 11.6. The summed E-state index contributed by atoms with van der Waals surface area (Å²) in [5.74, 6) is -14.8. The van der Waals surface area contributed by atoms with E-state index in [4.69, 9.17) is 0 Å². The van der Waals surface area contributed by atoms with E-state index < -0.39 is 33.4 Å². The Bertz CT molecular complexity index is 793. The summed E-state index contributed by atoms with van der Waals surface area (Å²) in [7, 11) is -7.42. The summed E-state index contributed by atoms with van der Waals surface area (Å²) in [6.45, 7) is 6.70. The number of hydrogen-bond acceptors (Lipinski definition) is 3. The zero-order valence-corrected chi connectivity index (χ0v) is 18.1. The Morgan fingerprint density at radius 3 is 1.75 bits per heavy atom. The number of alkyl halides is 9. The maximum absolute atomic E-state index is 12.2. The number of aryl methyl sites for hydroxylation is 2. The second-order valence-corrected chi connectivity index (χ2v) is 8.29. The molecule has 5 nitrogen and oxygen atoms in total. The van der Waals surface area contributed by atoms with Crippen LogP contribution in [0.1, 0.15) is 52.4 Å². The summed E-state index contributed by atoms with van der Waals surface area (Å²) in [5, 5.41) is -7.11. The Hall–Kier alpha value is -1.51. The second-order valence-electron chi connectivity index (χ2n) is 6.87. The van der Waals surface area contributed by atoms with Crippen molar-refractivity contribution < 1.29 is 57.1 Å². The molecule has 0 fully saturated rings. The predicted octanol–water partition coefficient (Wildman–Crippen LogP) is 5.11. The third kappa shape index (κ3) is 7.52. The van der Waals surface area contributed by atoms with E-state index in [1.807, 2.05) is 0 Å². The lowest BCUT2D eigenvalue weighted by molar-refractivity contribution is -0.696. The van der Waals surface area contributed by atoms with Gasteiger partial charge in [-0.25, -0.2) is 17.6 Å². The normalized spacial score (nSPS) is 13.6. The van der Waals surface area contributed by atoms with E-state index in [1.165, 1.54) is 45.1 Å². The predicted molar refractivity (Wildman–Crippen MR) is 94.3 cm³/mol. The summed E-state index contributed by atoms with van der Waals surface area (Å²) < 4.78 is 140. The van der Waals surface area contributed by atoms with Crippen molar-refractivity contribution in [2.45, 2.75) is 88.7 Å². The number of imidazole rings is 1. The third-order valence-corrected chi connectivity index (χ3v) is 5.20. The molecule has 190 valence electrons. The molecule has 1 heterocycles. The highest BCUT2D eigenvalue weighted by Gasteiger charge is 2.83. The Morgan fingerprint density at radius 1 is 0.844 bits per heavy atom. The topological polar surface area (TPSA) is 66.0 Å². The Morgan fingerprint density at radius 2 is 1.34 bits per heavy atom. The van der Waals surface area contributed by atoms with Crippen molar-refractivity contribution in [1.29, 1.82) is 0 Å². The molecule has 1 aromatic heterocycles. The molecule has 0 spiro atoms. The lowest BCUT2D eigenvalue weighted by atomic mass is 10.1. The van der Waals surface area contributed by atoms with E-state index in [2.05, 4.69) is 41.7 Å². The monoisotopic (exact) mass is 508 g/mol. The molecular weight excluding hydrogens is 483 g/mol. The van der Waals surface area contributed by atoms with Gasteiger partial charge in [0.1, 0.15) is 12.4 Å². The van der Waals surface area contributed by atoms with Gasteiger partial charge < -0.3 is 4.55 Å². The number of nitrogens with zero attached hydrogens (tertiary/aromatic N) is 2. The molecule has 0 unspecified atom stereocenters. The van der Waals surface area contributed by atoms with Crippen molar-refractivity contribution in [3.05, 3.63) is 18.7 Å². The first-order valence-electron chi connectivity index (χ1n) is 9.57. The van der Waals surface area contributed by atoms with Crippen LogP contribution in [0.25, 0.3) is 0 Å². The first-order chi connectivity index (χ1) is 14.4. The fourth-order valence-electron chi connectivity index (χ4n) is 2.35. The number of halogens is 9. The van der Waals surface area contributed by atoms with E-state index in [-0.39, 0.29) is 0 Å². The molecule has 15 heteroatoms. The molecule has 0 radical (unpaired) electrons. The summed E-state index contributed by atoms with van der Waals surface area (Å²) in [5.41, 5.74) is 0. The van der Waals surface area contributed by atoms with Crippen molar-refractivity contribution in [1.82, 2.24) is 4.57 Å². The van der Waals surface area contributed by atoms with Gasteiger partial charge in [-0.05, 0) is 19.8 Å². The molecule has 0 aliphatic rings. The largest absolute Gasteiger partial charge is 0.743 e. The molecule has 1 aromatic rings. The molecule has 0 bridgehead atoms. The highest BCUT2D eigenvalue weighted by atomic mass is 32.2. The van der Waals surface area contributed by atoms with E-state index in [9.17, 15) is 52.5 Å². The van der Waals surface area contributed by atoms with Crippen LogP contribution < -0.4 is 4.57 Å². The van der Waals surface area contributed by atoms with E-state index in [1.54, 1.807) is 0 Å². The van der Waals surface area contributed by atoms with Gasteiger partial charge in [0.15, 0.2) is 10.1 Å². The van der Waals surface area contributed by atoms with Crippen LogP contribution in [0.4, 0.5) is 39.5 Å². The van der Waals surface area contributed by atoms with E-state index in [0.717, 1.165) is 6.54 Å². The van der Waals surface area contributed by atoms with Gasteiger partial charge in [-0.2, -0.15) is 39.5 Å². The van der Waals surface area contributed by atoms with Crippen molar-refractivity contribution in [3.63, 3.8) is 0 Å². The highest BCUT2D eigenvalue weighted by Crippen LogP contribution is 2.54. The molecule has 0 aromatic carbocycles. The van der Waals surface area contributed by atoms with Gasteiger partial charge in [-0.3, -0.25) is 0 Å². The summed E-state index contributed by atoms with van der Waals surface area (Å²) in [6.07, 6.45) is 7.63. The van der Waals surface area contributed by atoms with Gasteiger partial charge in [-0.1, -0.05) is 32.6 Å². The van der Waals surface area contributed by atoms with Crippen molar-refractivity contribution >= 4 is 10.1 Å². The molecule has 0 atom stereocenters. The molecule has 0 aliphatic heterocycles. The standard InChI is InChI=1S/C13H25N2.C4HF9O3S/c1-3-5-6-7-8-9-10-15-12-11-14(4-2)13-15;5-1(6,3(9,10)11)2(7,8)4(12,13)17(14,15)16/h11-13H,3-10H2,1-2H3;(H,14,15,16)/q+1;/p-1. The van der Waals surface area contributed by atoms with Crippen LogP contribution in [0.15, 0.2) is 18.7 Å². The minimum atomic E-state index is -7.43. The minimum Gasteiger partial charge on any atom is -0.743 e. The first-order valence-corrected chi connectivity index (χ1v) is 11.0. The smallest absolute Gasteiger partial charge is 0.460 e. The Labute approximate surface area is 180 Å². The summed E-state index contributed by atoms with van der Waals surface area (Å²) >= 11 is 0. The maximum atomic E-state index is 12.2. The SMILES string of the molecule is CCCCCCCC[n+]1ccn(CC)c1.O=S(=O)([O-])C(F)(F)C(F)(F)C(F)(F)C(F)(F)F. The van der Waals surface area contributed by atoms with Gasteiger partial charge >= 0.3 is 23.3 Å². The van der Waals surface area contributed by atoms with Crippen LogP contribution in [0.2, 0.25) is 0 Å². The number of aromatic nitrogens is 2. The van der Waals surface area contributed by atoms with Crippen molar-refractivity contribution in [2.75, 3.05) is 0 Å². The number of hydrogen-bond donors (Lipinski definition) is 0. The quantitative estimate of drug-likeness (QED) is 0.181. The molecule has 0 saturated heterocycles. The first kappa shape index (κ1) is 30.5. The lowest BCUT2D eigenvalue weighted by Gasteiger charge is -2.34. The van der Waals surface area contributed by atoms with Gasteiger partial charge in [0, 0.05) is 0 Å². The van der Waals surface area contributed by atoms with Crippen molar-refractivity contribution in [2.24, 2.45) is 0 Å². The molecule has 32 heavy (non-hydrogen) atoms. The lowest BCUT2D eigenvalue weighted by Crippen LogP contribution is -2.63. The summed E-state index contributed by atoms with van der Waals surface area (Å²) in [6, 6.07) is 0. The Kier molecular flexibility index (Phi) is 11.0. The minimum absolute atomic E-state index is 1.07. The fourth-order valence-corrected chi connectivity index (χ4v) is 2.79. The molecule has 0 amide bonds. The molecular formula is C17H25F9N2O3S. The molecule has 1 rings (SSSR count). The third-order valence-electron chi connectivity index (χ3n) is 4.31. The summed E-state index contributed by atoms with van der Waals surface area (Å²) in [4.78, 5) is 0. The van der Waals surface area contributed by atoms with Crippen LogP contribution in [0.3, 0.4) is 0 Å². The van der Waals surface area contributed by atoms with Gasteiger partial charge in [0.2, 0.25) is 6.33 Å². The van der Waals surface area contributed by atoms with E-state index in [0.29, 0.717) is 0 Å². The number of rotatable bonds is 11. The number of unbranched alkanes of at least 4 members (excludes halogenated alkanes) is 5. The Balaban J connectivity index is 0.000000604. The van der Waals surface area contributed by atoms with Crippen LogP contribution in [-0.2, 0) is 23.2 Å². The average molecular weight is 508 g/mol. The van der Waals surface area contributed by atoms with Crippen LogP contribution in [-0.4, -0.2) is 40.8 Å². The van der Waals surface area contributed by atoms with Crippen LogP contribution in [0, 0.1) is 0 Å². The van der Waals surface area contributed by atoms with Crippen LogP contribution >= 0.6 is 0 Å². The van der Waals surface area contributed by atoms with Crippen molar-refractivity contribution in [3.8, 4) is 0 Å². The van der Waals surface area contributed by atoms with Gasteiger partial charge in [-0.15, -0.1) is 0 Å². The maximum Gasteiger partial charge on any atom is 0.460 e. The molecule has 0 N–H and O–H groups in total. The zero-order valence-electron chi connectivity index (χ0n) is 17.3. The molecule has 0 aliphatic carbocycles. The average Bonchev–Trinajstić information content (AvgIpc) is 3.11. The van der Waals surface area contributed by atoms with Gasteiger partial charge in [0.05, 0.1) is 13.1 Å². The van der Waals surface area contributed by atoms with Gasteiger partial charge in [0.25, 0.3) is 0 Å². The molecule has 0 saturated carbocycles. The van der Waals surface area contributed by atoms with E-state index >= 15 is 0 Å². The highest BCUT2D eigenvalue weighted by molar-refractivity contribution is 7.86. The van der Waals surface area contributed by atoms with Crippen LogP contribution in [0.5, 0.6) is 0 Å².